The first-order valence-electron chi connectivity index (χ1n) is 14.7. The summed E-state index contributed by atoms with van der Waals surface area (Å²) in [6.45, 7) is 3.40. The van der Waals surface area contributed by atoms with Crippen molar-refractivity contribution < 1.29 is 27.5 Å². The number of sulfonamides is 1. The molecule has 1 aliphatic rings. The molecule has 44 heavy (non-hydrogen) atoms. The van der Waals surface area contributed by atoms with Gasteiger partial charge in [0, 0.05) is 23.7 Å². The predicted molar refractivity (Wildman–Crippen MR) is 172 cm³/mol. The van der Waals surface area contributed by atoms with E-state index in [4.69, 9.17) is 21.1 Å². The Labute approximate surface area is 265 Å². The monoisotopic (exact) mass is 641 g/mol. The maximum absolute atomic E-state index is 14.3. The molecule has 2 amide bonds. The molecule has 1 saturated carbocycles. The molecule has 0 aliphatic heterocycles. The largest absolute Gasteiger partial charge is 0.493 e. The highest BCUT2D eigenvalue weighted by Gasteiger charge is 2.35. The summed E-state index contributed by atoms with van der Waals surface area (Å²) in [7, 11) is -1.42. The molecule has 0 unspecified atom stereocenters. The Kier molecular flexibility index (Phi) is 11.2. The van der Waals surface area contributed by atoms with Crippen LogP contribution in [0.4, 0.5) is 5.69 Å². The standard InChI is InChI=1S/C33H40ClN3O6S/c1-5-29(33(39)35-26-12-8-9-13-26)36(21-24-11-7-6-10-23(24)2)32(38)22-37(27-16-14-25(34)15-17-27)44(40,41)28-18-19-30(42-3)31(20-28)43-4/h6-7,10-11,14-20,26,29H,5,8-9,12-13,21-22H2,1-4H3,(H,35,39)/t29-/m0/s1. The fraction of sp³-hybridized carbons (Fsp3) is 0.394. The molecule has 1 aliphatic carbocycles. The predicted octanol–water partition coefficient (Wildman–Crippen LogP) is 5.73. The third kappa shape index (κ3) is 7.65. The summed E-state index contributed by atoms with van der Waals surface area (Å²) >= 11 is 6.13. The van der Waals surface area contributed by atoms with Crippen molar-refractivity contribution in [3.05, 3.63) is 82.9 Å². The Morgan fingerprint density at radius 1 is 0.977 bits per heavy atom. The van der Waals surface area contributed by atoms with Gasteiger partial charge in [-0.3, -0.25) is 13.9 Å². The van der Waals surface area contributed by atoms with Crippen LogP contribution in [0.2, 0.25) is 5.02 Å². The Morgan fingerprint density at radius 2 is 1.64 bits per heavy atom. The van der Waals surface area contributed by atoms with Gasteiger partial charge in [0.15, 0.2) is 11.5 Å². The van der Waals surface area contributed by atoms with Crippen LogP contribution >= 0.6 is 11.6 Å². The van der Waals surface area contributed by atoms with Gasteiger partial charge in [0.2, 0.25) is 11.8 Å². The number of methoxy groups -OCH3 is 2. The molecule has 3 aromatic carbocycles. The number of carbonyl (C=O) groups is 2. The molecule has 0 aromatic heterocycles. The lowest BCUT2D eigenvalue weighted by atomic mass is 10.1. The van der Waals surface area contributed by atoms with E-state index in [0.29, 0.717) is 17.2 Å². The van der Waals surface area contributed by atoms with Crippen LogP contribution in [-0.4, -0.2) is 58.0 Å². The highest BCUT2D eigenvalue weighted by Crippen LogP contribution is 2.33. The highest BCUT2D eigenvalue weighted by atomic mass is 35.5. The number of ether oxygens (including phenoxy) is 2. The summed E-state index contributed by atoms with van der Waals surface area (Å²) < 4.78 is 40.1. The van der Waals surface area contributed by atoms with Crippen LogP contribution in [-0.2, 0) is 26.2 Å². The SMILES string of the molecule is CC[C@@H](C(=O)NC1CCCC1)N(Cc1ccccc1C)C(=O)CN(c1ccc(Cl)cc1)S(=O)(=O)c1ccc(OC)c(OC)c1. The van der Waals surface area contributed by atoms with Crippen molar-refractivity contribution in [2.24, 2.45) is 0 Å². The number of nitrogens with zero attached hydrogens (tertiary/aromatic N) is 2. The Morgan fingerprint density at radius 3 is 2.25 bits per heavy atom. The topological polar surface area (TPSA) is 105 Å². The summed E-state index contributed by atoms with van der Waals surface area (Å²) in [4.78, 5) is 29.3. The van der Waals surface area contributed by atoms with Gasteiger partial charge in [0.05, 0.1) is 24.8 Å². The fourth-order valence-electron chi connectivity index (χ4n) is 5.50. The molecule has 3 aromatic rings. The Hall–Kier alpha value is -3.76. The number of nitrogens with one attached hydrogen (secondary N) is 1. The maximum Gasteiger partial charge on any atom is 0.264 e. The summed E-state index contributed by atoms with van der Waals surface area (Å²) in [5.74, 6) is -0.154. The van der Waals surface area contributed by atoms with Gasteiger partial charge in [-0.15, -0.1) is 0 Å². The van der Waals surface area contributed by atoms with E-state index in [0.717, 1.165) is 41.1 Å². The van der Waals surface area contributed by atoms with Gasteiger partial charge in [-0.25, -0.2) is 8.42 Å². The first kappa shape index (κ1) is 33.1. The van der Waals surface area contributed by atoms with E-state index in [9.17, 15) is 18.0 Å². The Bertz CT molecular complexity index is 1560. The number of hydrogen-bond acceptors (Lipinski definition) is 6. The summed E-state index contributed by atoms with van der Waals surface area (Å²) in [6.07, 6.45) is 4.28. The lowest BCUT2D eigenvalue weighted by Crippen LogP contribution is -2.53. The number of anilines is 1. The number of hydrogen-bond donors (Lipinski definition) is 1. The third-order valence-electron chi connectivity index (χ3n) is 8.03. The molecule has 236 valence electrons. The zero-order chi connectivity index (χ0) is 31.9. The van der Waals surface area contributed by atoms with Crippen molar-refractivity contribution in [2.75, 3.05) is 25.1 Å². The lowest BCUT2D eigenvalue weighted by molar-refractivity contribution is -0.140. The molecule has 4 rings (SSSR count). The number of benzene rings is 3. The van der Waals surface area contributed by atoms with E-state index in [2.05, 4.69) is 5.32 Å². The van der Waals surface area contributed by atoms with Gasteiger partial charge in [-0.1, -0.05) is 55.6 Å². The number of amides is 2. The van der Waals surface area contributed by atoms with E-state index in [-0.39, 0.29) is 34.8 Å². The van der Waals surface area contributed by atoms with Gasteiger partial charge < -0.3 is 19.7 Å². The van der Waals surface area contributed by atoms with Gasteiger partial charge in [-0.05, 0) is 73.7 Å². The molecular formula is C33H40ClN3O6S. The maximum atomic E-state index is 14.3. The molecule has 1 atom stereocenters. The van der Waals surface area contributed by atoms with Crippen molar-refractivity contribution in [2.45, 2.75) is 69.5 Å². The second-order valence-corrected chi connectivity index (χ2v) is 13.2. The number of aryl methyl sites for hydroxylation is 1. The Balaban J connectivity index is 1.75. The number of rotatable bonds is 13. The van der Waals surface area contributed by atoms with Crippen molar-refractivity contribution in [3.63, 3.8) is 0 Å². The van der Waals surface area contributed by atoms with E-state index >= 15 is 0 Å². The molecule has 0 radical (unpaired) electrons. The van der Waals surface area contributed by atoms with E-state index in [1.54, 1.807) is 24.3 Å². The first-order valence-corrected chi connectivity index (χ1v) is 16.6. The quantitative estimate of drug-likeness (QED) is 0.256. The molecule has 1 N–H and O–H groups in total. The summed E-state index contributed by atoms with van der Waals surface area (Å²) in [6, 6.07) is 17.4. The molecule has 0 heterocycles. The highest BCUT2D eigenvalue weighted by molar-refractivity contribution is 7.92. The van der Waals surface area contributed by atoms with Gasteiger partial charge in [0.25, 0.3) is 10.0 Å². The molecule has 0 saturated heterocycles. The smallest absolute Gasteiger partial charge is 0.264 e. The average molecular weight is 642 g/mol. The second kappa shape index (κ2) is 14.8. The minimum atomic E-state index is -4.30. The zero-order valence-corrected chi connectivity index (χ0v) is 27.2. The lowest BCUT2D eigenvalue weighted by Gasteiger charge is -2.34. The molecule has 1 fully saturated rings. The minimum absolute atomic E-state index is 0.0722. The van der Waals surface area contributed by atoms with E-state index in [1.807, 2.05) is 38.1 Å². The third-order valence-corrected chi connectivity index (χ3v) is 10.0. The minimum Gasteiger partial charge on any atom is -0.493 e. The zero-order valence-electron chi connectivity index (χ0n) is 25.6. The summed E-state index contributed by atoms with van der Waals surface area (Å²) in [5, 5.41) is 3.55. The normalized spacial score (nSPS) is 14.1. The van der Waals surface area contributed by atoms with Gasteiger partial charge >= 0.3 is 0 Å². The first-order chi connectivity index (χ1) is 21.1. The van der Waals surface area contributed by atoms with Crippen molar-refractivity contribution in [1.29, 1.82) is 0 Å². The van der Waals surface area contributed by atoms with Crippen molar-refractivity contribution in [1.82, 2.24) is 10.2 Å². The van der Waals surface area contributed by atoms with Crippen LogP contribution in [0, 0.1) is 6.92 Å². The molecule has 9 nitrogen and oxygen atoms in total. The number of carbonyl (C=O) groups excluding carboxylic acids is 2. The van der Waals surface area contributed by atoms with Crippen molar-refractivity contribution >= 4 is 39.1 Å². The van der Waals surface area contributed by atoms with Crippen LogP contribution in [0.15, 0.2) is 71.6 Å². The van der Waals surface area contributed by atoms with Gasteiger partial charge in [-0.2, -0.15) is 0 Å². The van der Waals surface area contributed by atoms with E-state index in [1.165, 1.54) is 37.3 Å². The van der Waals surface area contributed by atoms with Crippen LogP contribution in [0.5, 0.6) is 11.5 Å². The van der Waals surface area contributed by atoms with Crippen LogP contribution < -0.4 is 19.1 Å². The second-order valence-electron chi connectivity index (χ2n) is 10.9. The van der Waals surface area contributed by atoms with E-state index < -0.39 is 28.5 Å². The average Bonchev–Trinajstić information content (AvgIpc) is 3.53. The molecule has 0 spiro atoms. The van der Waals surface area contributed by atoms with Crippen molar-refractivity contribution in [3.8, 4) is 11.5 Å². The molecular weight excluding hydrogens is 602 g/mol. The molecule has 0 bridgehead atoms. The van der Waals surface area contributed by atoms with Crippen LogP contribution in [0.25, 0.3) is 0 Å². The molecule has 11 heteroatoms. The fourth-order valence-corrected chi connectivity index (χ4v) is 7.05. The van der Waals surface area contributed by atoms with Crippen LogP contribution in [0.1, 0.15) is 50.2 Å². The van der Waals surface area contributed by atoms with Crippen LogP contribution in [0.3, 0.4) is 0 Å². The summed E-state index contributed by atoms with van der Waals surface area (Å²) in [5.41, 5.74) is 2.08. The number of halogens is 1. The van der Waals surface area contributed by atoms with Gasteiger partial charge in [0.1, 0.15) is 12.6 Å².